The van der Waals surface area contributed by atoms with E-state index in [1.54, 1.807) is 19.9 Å². The zero-order chi connectivity index (χ0) is 15.0. The Labute approximate surface area is 130 Å². The molecule has 0 aliphatic carbocycles. The molecule has 112 valence electrons. The van der Waals surface area contributed by atoms with Gasteiger partial charge in [0.15, 0.2) is 0 Å². The average molecular weight is 335 g/mol. The summed E-state index contributed by atoms with van der Waals surface area (Å²) in [6.45, 7) is 6.02. The second-order valence-corrected chi connectivity index (χ2v) is 7.91. The first-order chi connectivity index (χ1) is 9.57. The van der Waals surface area contributed by atoms with Gasteiger partial charge in [0.05, 0.1) is 13.2 Å². The Morgan fingerprint density at radius 2 is 1.85 bits per heavy atom. The summed E-state index contributed by atoms with van der Waals surface area (Å²) in [5.74, 6) is 0. The fourth-order valence-corrected chi connectivity index (χ4v) is 5.65. The second kappa shape index (κ2) is 8.91. The highest BCUT2D eigenvalue weighted by Crippen LogP contribution is 2.61. The molecule has 0 aliphatic rings. The predicted octanol–water partition coefficient (Wildman–Crippen LogP) is 5.51. The molecule has 0 saturated carbocycles. The Morgan fingerprint density at radius 1 is 1.30 bits per heavy atom. The van der Waals surface area contributed by atoms with Crippen molar-refractivity contribution in [2.24, 2.45) is 0 Å². The highest BCUT2D eigenvalue weighted by Gasteiger charge is 2.38. The SMILES string of the molecule is CC=C(Cl)C(Sc1ccccc1)P(=O)(OCC)OCC. The molecule has 0 aromatic heterocycles. The van der Waals surface area contributed by atoms with Crippen LogP contribution in [0.15, 0.2) is 46.3 Å². The number of allylic oxidation sites excluding steroid dienone is 1. The Bertz CT molecular complexity index is 469. The summed E-state index contributed by atoms with van der Waals surface area (Å²) in [5.41, 5.74) is 0. The molecule has 0 aliphatic heterocycles. The number of thioether (sulfide) groups is 1. The van der Waals surface area contributed by atoms with Crippen molar-refractivity contribution in [3.8, 4) is 0 Å². The maximum absolute atomic E-state index is 12.9. The van der Waals surface area contributed by atoms with Crippen molar-refractivity contribution in [1.82, 2.24) is 0 Å². The molecule has 1 rings (SSSR count). The lowest BCUT2D eigenvalue weighted by Gasteiger charge is -2.25. The lowest BCUT2D eigenvalue weighted by Crippen LogP contribution is -2.10. The molecule has 0 bridgehead atoms. The van der Waals surface area contributed by atoms with Crippen molar-refractivity contribution in [2.45, 2.75) is 30.7 Å². The molecule has 20 heavy (non-hydrogen) atoms. The smallest absolute Gasteiger partial charge is 0.308 e. The first-order valence-electron chi connectivity index (χ1n) is 6.49. The molecule has 1 aromatic carbocycles. The highest BCUT2D eigenvalue weighted by atomic mass is 35.5. The molecule has 1 aromatic rings. The lowest BCUT2D eigenvalue weighted by atomic mass is 10.4. The van der Waals surface area contributed by atoms with Gasteiger partial charge in [-0.1, -0.05) is 35.9 Å². The van der Waals surface area contributed by atoms with Gasteiger partial charge in [-0.3, -0.25) is 4.57 Å². The molecule has 1 unspecified atom stereocenters. The van der Waals surface area contributed by atoms with E-state index in [0.717, 1.165) is 4.90 Å². The van der Waals surface area contributed by atoms with E-state index in [1.807, 2.05) is 37.3 Å². The summed E-state index contributed by atoms with van der Waals surface area (Å²) in [7, 11) is -3.30. The Kier molecular flexibility index (Phi) is 7.93. The van der Waals surface area contributed by atoms with Gasteiger partial charge in [0.1, 0.15) is 4.99 Å². The van der Waals surface area contributed by atoms with E-state index in [0.29, 0.717) is 18.2 Å². The van der Waals surface area contributed by atoms with Crippen molar-refractivity contribution >= 4 is 31.0 Å². The van der Waals surface area contributed by atoms with Crippen LogP contribution in [0.3, 0.4) is 0 Å². The van der Waals surface area contributed by atoms with Gasteiger partial charge in [-0.2, -0.15) is 0 Å². The maximum Gasteiger partial charge on any atom is 0.349 e. The van der Waals surface area contributed by atoms with Gasteiger partial charge in [0.25, 0.3) is 0 Å². The molecule has 0 fully saturated rings. The fraction of sp³-hybridized carbons (Fsp3) is 0.429. The van der Waals surface area contributed by atoms with Crippen LogP contribution in [0.5, 0.6) is 0 Å². The summed E-state index contributed by atoms with van der Waals surface area (Å²) in [6, 6.07) is 9.67. The number of halogens is 1. The fourth-order valence-electron chi connectivity index (χ4n) is 1.57. The second-order valence-electron chi connectivity index (χ2n) is 3.83. The van der Waals surface area contributed by atoms with Crippen LogP contribution in [0, 0.1) is 0 Å². The van der Waals surface area contributed by atoms with E-state index in [-0.39, 0.29) is 0 Å². The van der Waals surface area contributed by atoms with Gasteiger partial charge in [-0.25, -0.2) is 0 Å². The van der Waals surface area contributed by atoms with Crippen molar-refractivity contribution < 1.29 is 13.6 Å². The van der Waals surface area contributed by atoms with Crippen LogP contribution in [-0.2, 0) is 13.6 Å². The van der Waals surface area contributed by atoms with E-state index in [1.165, 1.54) is 11.8 Å². The van der Waals surface area contributed by atoms with Crippen LogP contribution < -0.4 is 0 Å². The molecule has 3 nitrogen and oxygen atoms in total. The standard InChI is InChI=1S/C14H20ClO3PS/c1-4-13(15)14(19(16,17-5-2)18-6-3)20-12-10-8-7-9-11-12/h4,7-11,14H,5-6H2,1-3H3. The van der Waals surface area contributed by atoms with E-state index < -0.39 is 12.6 Å². The Hall–Kier alpha value is -0.250. The van der Waals surface area contributed by atoms with Crippen molar-refractivity contribution in [3.05, 3.63) is 41.4 Å². The zero-order valence-electron chi connectivity index (χ0n) is 11.9. The zero-order valence-corrected chi connectivity index (χ0v) is 14.4. The van der Waals surface area contributed by atoms with Crippen LogP contribution in [0.25, 0.3) is 0 Å². The average Bonchev–Trinajstić information content (AvgIpc) is 2.45. The van der Waals surface area contributed by atoms with Crippen molar-refractivity contribution in [1.29, 1.82) is 0 Å². The van der Waals surface area contributed by atoms with Gasteiger partial charge in [0.2, 0.25) is 0 Å². The van der Waals surface area contributed by atoms with Gasteiger partial charge in [0, 0.05) is 9.93 Å². The van der Waals surface area contributed by atoms with Crippen LogP contribution >= 0.6 is 31.0 Å². The largest absolute Gasteiger partial charge is 0.349 e. The molecule has 1 atom stereocenters. The molecule has 0 saturated heterocycles. The molecule has 0 radical (unpaired) electrons. The summed E-state index contributed by atoms with van der Waals surface area (Å²) in [5, 5.41) is 0.476. The van der Waals surface area contributed by atoms with Crippen LogP contribution in [-0.4, -0.2) is 18.2 Å². The van der Waals surface area contributed by atoms with E-state index in [4.69, 9.17) is 20.6 Å². The minimum absolute atomic E-state index is 0.316. The van der Waals surface area contributed by atoms with E-state index in [9.17, 15) is 4.57 Å². The predicted molar refractivity (Wildman–Crippen MR) is 86.6 cm³/mol. The van der Waals surface area contributed by atoms with Crippen LogP contribution in [0.4, 0.5) is 0 Å². The Balaban J connectivity index is 3.07. The molecule has 6 heteroatoms. The third-order valence-electron chi connectivity index (χ3n) is 2.41. The topological polar surface area (TPSA) is 35.5 Å². The maximum atomic E-state index is 12.9. The summed E-state index contributed by atoms with van der Waals surface area (Å²) in [4.78, 5) is 0.425. The van der Waals surface area contributed by atoms with Crippen LogP contribution in [0.2, 0.25) is 0 Å². The molecular formula is C14H20ClO3PS. The molecular weight excluding hydrogens is 315 g/mol. The van der Waals surface area contributed by atoms with Gasteiger partial charge in [-0.05, 0) is 32.9 Å². The summed E-state index contributed by atoms with van der Waals surface area (Å²) in [6.07, 6.45) is 1.73. The lowest BCUT2D eigenvalue weighted by molar-refractivity contribution is 0.220. The Morgan fingerprint density at radius 3 is 2.30 bits per heavy atom. The van der Waals surface area contributed by atoms with E-state index >= 15 is 0 Å². The van der Waals surface area contributed by atoms with Crippen molar-refractivity contribution in [3.63, 3.8) is 0 Å². The van der Waals surface area contributed by atoms with Gasteiger partial charge >= 0.3 is 7.60 Å². The molecule has 0 heterocycles. The third-order valence-corrected chi connectivity index (χ3v) is 7.33. The van der Waals surface area contributed by atoms with Gasteiger partial charge < -0.3 is 9.05 Å². The molecule has 0 spiro atoms. The summed E-state index contributed by atoms with van der Waals surface area (Å²) >= 11 is 7.64. The number of rotatable bonds is 8. The summed E-state index contributed by atoms with van der Waals surface area (Å²) < 4.78 is 23.8. The van der Waals surface area contributed by atoms with Crippen molar-refractivity contribution in [2.75, 3.05) is 13.2 Å². The first kappa shape index (κ1) is 17.8. The third kappa shape index (κ3) is 4.94. The molecule has 0 N–H and O–H groups in total. The molecule has 0 amide bonds. The van der Waals surface area contributed by atoms with Gasteiger partial charge in [-0.15, -0.1) is 11.8 Å². The minimum atomic E-state index is -3.30. The first-order valence-corrected chi connectivity index (χ1v) is 9.36. The highest BCUT2D eigenvalue weighted by molar-refractivity contribution is 8.05. The van der Waals surface area contributed by atoms with E-state index in [2.05, 4.69) is 0 Å². The number of hydrogen-bond donors (Lipinski definition) is 0. The quantitative estimate of drug-likeness (QED) is 0.463. The number of benzene rings is 1. The normalized spacial score (nSPS) is 14.3. The monoisotopic (exact) mass is 334 g/mol. The number of hydrogen-bond acceptors (Lipinski definition) is 4. The van der Waals surface area contributed by atoms with Crippen LogP contribution in [0.1, 0.15) is 20.8 Å². The minimum Gasteiger partial charge on any atom is -0.308 e.